The van der Waals surface area contributed by atoms with Crippen LogP contribution in [-0.4, -0.2) is 13.2 Å². The molecule has 0 aliphatic rings. The first-order valence-corrected chi connectivity index (χ1v) is 9.02. The molecule has 0 saturated carbocycles. The number of hydrogen-bond acceptors (Lipinski definition) is 1. The molecule has 0 aliphatic heterocycles. The molecule has 0 fully saturated rings. The SMILES string of the molecule is CCCCCCCC/C=C/CCC(CCCCC)OC. The van der Waals surface area contributed by atoms with Crippen molar-refractivity contribution in [1.82, 2.24) is 0 Å². The van der Waals surface area contributed by atoms with Crippen LogP contribution in [0.3, 0.4) is 0 Å². The zero-order chi connectivity index (χ0) is 14.9. The van der Waals surface area contributed by atoms with Gasteiger partial charge in [0.15, 0.2) is 0 Å². The van der Waals surface area contributed by atoms with Gasteiger partial charge in [-0.15, -0.1) is 0 Å². The minimum absolute atomic E-state index is 0.472. The standard InChI is InChI=1S/C19H38O/c1-4-6-8-9-10-11-12-13-14-16-18-19(20-3)17-15-7-5-2/h13-14,19H,4-12,15-18H2,1-3H3/b14-13+. The van der Waals surface area contributed by atoms with Gasteiger partial charge in [0.05, 0.1) is 6.10 Å². The second-order valence-electron chi connectivity index (χ2n) is 5.96. The van der Waals surface area contributed by atoms with E-state index in [1.807, 2.05) is 7.11 Å². The van der Waals surface area contributed by atoms with Gasteiger partial charge in [0, 0.05) is 7.11 Å². The third-order valence-corrected chi connectivity index (χ3v) is 4.01. The Morgan fingerprint density at radius 1 is 0.700 bits per heavy atom. The Bertz CT molecular complexity index is 198. The van der Waals surface area contributed by atoms with E-state index in [1.54, 1.807) is 0 Å². The summed E-state index contributed by atoms with van der Waals surface area (Å²) in [4.78, 5) is 0. The minimum atomic E-state index is 0.472. The molecule has 1 atom stereocenters. The number of methoxy groups -OCH3 is 1. The Morgan fingerprint density at radius 2 is 1.30 bits per heavy atom. The Kier molecular flexibility index (Phi) is 16.5. The van der Waals surface area contributed by atoms with Gasteiger partial charge in [0.1, 0.15) is 0 Å². The van der Waals surface area contributed by atoms with Crippen molar-refractivity contribution in [3.63, 3.8) is 0 Å². The van der Waals surface area contributed by atoms with Gasteiger partial charge in [-0.05, 0) is 32.1 Å². The van der Waals surface area contributed by atoms with Gasteiger partial charge in [0.25, 0.3) is 0 Å². The number of unbranched alkanes of at least 4 members (excludes halogenated alkanes) is 8. The van der Waals surface area contributed by atoms with Gasteiger partial charge in [-0.2, -0.15) is 0 Å². The van der Waals surface area contributed by atoms with Crippen molar-refractivity contribution in [2.75, 3.05) is 7.11 Å². The van der Waals surface area contributed by atoms with Crippen LogP contribution in [-0.2, 0) is 4.74 Å². The fourth-order valence-corrected chi connectivity index (χ4v) is 2.56. The topological polar surface area (TPSA) is 9.23 Å². The summed E-state index contributed by atoms with van der Waals surface area (Å²) in [6.07, 6.45) is 22.4. The molecular weight excluding hydrogens is 244 g/mol. The predicted octanol–water partition coefficient (Wildman–Crippen LogP) is 6.67. The fourth-order valence-electron chi connectivity index (χ4n) is 2.56. The Morgan fingerprint density at radius 3 is 2.00 bits per heavy atom. The monoisotopic (exact) mass is 282 g/mol. The maximum absolute atomic E-state index is 5.55. The molecule has 0 aromatic carbocycles. The molecule has 20 heavy (non-hydrogen) atoms. The average Bonchev–Trinajstić information content (AvgIpc) is 2.47. The number of rotatable bonds is 15. The molecule has 0 bridgehead atoms. The van der Waals surface area contributed by atoms with Gasteiger partial charge in [-0.1, -0.05) is 77.4 Å². The van der Waals surface area contributed by atoms with Crippen LogP contribution in [0.15, 0.2) is 12.2 Å². The first kappa shape index (κ1) is 19.7. The minimum Gasteiger partial charge on any atom is -0.381 e. The highest BCUT2D eigenvalue weighted by molar-refractivity contribution is 4.82. The van der Waals surface area contributed by atoms with E-state index in [4.69, 9.17) is 4.74 Å². The molecule has 0 heterocycles. The largest absolute Gasteiger partial charge is 0.381 e. The molecule has 120 valence electrons. The summed E-state index contributed by atoms with van der Waals surface area (Å²) in [5.41, 5.74) is 0. The molecule has 0 aliphatic carbocycles. The van der Waals surface area contributed by atoms with E-state index in [0.29, 0.717) is 6.10 Å². The predicted molar refractivity (Wildman–Crippen MR) is 91.3 cm³/mol. The molecule has 0 radical (unpaired) electrons. The lowest BCUT2D eigenvalue weighted by molar-refractivity contribution is 0.0865. The van der Waals surface area contributed by atoms with Crippen LogP contribution in [0.4, 0.5) is 0 Å². The molecule has 0 aromatic rings. The van der Waals surface area contributed by atoms with Gasteiger partial charge in [-0.25, -0.2) is 0 Å². The second-order valence-corrected chi connectivity index (χ2v) is 5.96. The van der Waals surface area contributed by atoms with Crippen molar-refractivity contribution in [3.8, 4) is 0 Å². The third kappa shape index (κ3) is 14.1. The smallest absolute Gasteiger partial charge is 0.0574 e. The molecule has 0 saturated heterocycles. The first-order valence-electron chi connectivity index (χ1n) is 9.02. The van der Waals surface area contributed by atoms with Crippen LogP contribution in [0.5, 0.6) is 0 Å². The summed E-state index contributed by atoms with van der Waals surface area (Å²) in [5.74, 6) is 0. The highest BCUT2D eigenvalue weighted by Gasteiger charge is 2.04. The number of allylic oxidation sites excluding steroid dienone is 2. The fraction of sp³-hybridized carbons (Fsp3) is 0.895. The summed E-state index contributed by atoms with van der Waals surface area (Å²) >= 11 is 0. The van der Waals surface area contributed by atoms with Crippen LogP contribution in [0.1, 0.15) is 97.3 Å². The third-order valence-electron chi connectivity index (χ3n) is 4.01. The summed E-state index contributed by atoms with van der Waals surface area (Å²) in [7, 11) is 1.86. The molecule has 0 rings (SSSR count). The Labute approximate surface area is 128 Å². The van der Waals surface area contributed by atoms with E-state index < -0.39 is 0 Å². The van der Waals surface area contributed by atoms with Crippen molar-refractivity contribution in [2.45, 2.75) is 103 Å². The van der Waals surface area contributed by atoms with E-state index in [1.165, 1.54) is 83.5 Å². The summed E-state index contributed by atoms with van der Waals surface area (Å²) < 4.78 is 5.55. The quantitative estimate of drug-likeness (QED) is 0.241. The zero-order valence-corrected chi connectivity index (χ0v) is 14.3. The molecular formula is C19H38O. The van der Waals surface area contributed by atoms with Crippen LogP contribution in [0.25, 0.3) is 0 Å². The highest BCUT2D eigenvalue weighted by Crippen LogP contribution is 2.12. The molecule has 0 spiro atoms. The van der Waals surface area contributed by atoms with Crippen LogP contribution in [0, 0.1) is 0 Å². The van der Waals surface area contributed by atoms with Crippen LogP contribution in [0.2, 0.25) is 0 Å². The number of ether oxygens (including phenoxy) is 1. The molecule has 1 nitrogen and oxygen atoms in total. The molecule has 0 amide bonds. The lowest BCUT2D eigenvalue weighted by atomic mass is 10.1. The van der Waals surface area contributed by atoms with Crippen molar-refractivity contribution in [3.05, 3.63) is 12.2 Å². The average molecular weight is 283 g/mol. The lowest BCUT2D eigenvalue weighted by Gasteiger charge is -2.13. The molecule has 1 heteroatoms. The van der Waals surface area contributed by atoms with E-state index in [2.05, 4.69) is 26.0 Å². The van der Waals surface area contributed by atoms with Gasteiger partial charge >= 0.3 is 0 Å². The van der Waals surface area contributed by atoms with Crippen LogP contribution >= 0.6 is 0 Å². The summed E-state index contributed by atoms with van der Waals surface area (Å²) in [6.45, 7) is 4.53. The molecule has 0 aromatic heterocycles. The van der Waals surface area contributed by atoms with E-state index in [9.17, 15) is 0 Å². The Balaban J connectivity index is 3.35. The Hall–Kier alpha value is -0.300. The maximum Gasteiger partial charge on any atom is 0.0574 e. The maximum atomic E-state index is 5.55. The molecule has 1 unspecified atom stereocenters. The van der Waals surface area contributed by atoms with E-state index in [-0.39, 0.29) is 0 Å². The van der Waals surface area contributed by atoms with E-state index in [0.717, 1.165) is 0 Å². The van der Waals surface area contributed by atoms with Crippen molar-refractivity contribution in [2.24, 2.45) is 0 Å². The lowest BCUT2D eigenvalue weighted by Crippen LogP contribution is -2.09. The van der Waals surface area contributed by atoms with Crippen molar-refractivity contribution in [1.29, 1.82) is 0 Å². The first-order chi connectivity index (χ1) is 9.85. The normalized spacial score (nSPS) is 13.2. The van der Waals surface area contributed by atoms with Gasteiger partial charge < -0.3 is 4.74 Å². The van der Waals surface area contributed by atoms with E-state index >= 15 is 0 Å². The van der Waals surface area contributed by atoms with Crippen molar-refractivity contribution < 1.29 is 4.74 Å². The number of hydrogen-bond donors (Lipinski definition) is 0. The van der Waals surface area contributed by atoms with Gasteiger partial charge in [0.2, 0.25) is 0 Å². The van der Waals surface area contributed by atoms with Crippen LogP contribution < -0.4 is 0 Å². The summed E-state index contributed by atoms with van der Waals surface area (Å²) in [5, 5.41) is 0. The molecule has 0 N–H and O–H groups in total. The van der Waals surface area contributed by atoms with Gasteiger partial charge in [-0.3, -0.25) is 0 Å². The second kappa shape index (κ2) is 16.8. The highest BCUT2D eigenvalue weighted by atomic mass is 16.5. The zero-order valence-electron chi connectivity index (χ0n) is 14.3. The summed E-state index contributed by atoms with van der Waals surface area (Å²) in [6, 6.07) is 0. The van der Waals surface area contributed by atoms with Crippen molar-refractivity contribution >= 4 is 0 Å².